The van der Waals surface area contributed by atoms with E-state index < -0.39 is 0 Å². The molecule has 2 fully saturated rings. The van der Waals surface area contributed by atoms with E-state index in [4.69, 9.17) is 27.9 Å². The third-order valence-electron chi connectivity index (χ3n) is 5.51. The van der Waals surface area contributed by atoms with Crippen molar-refractivity contribution in [3.8, 4) is 0 Å². The maximum atomic E-state index is 6.26. The molecule has 1 aliphatic carbocycles. The Balaban J connectivity index is 0.00000192. The molecule has 1 aromatic carbocycles. The largest absolute Gasteiger partial charge is 0.379 e. The van der Waals surface area contributed by atoms with Crippen molar-refractivity contribution in [2.24, 2.45) is 0 Å². The highest BCUT2D eigenvalue weighted by Crippen LogP contribution is 2.48. The lowest BCUT2D eigenvalue weighted by molar-refractivity contribution is -0.0315. The van der Waals surface area contributed by atoms with E-state index in [1.54, 1.807) is 0 Å². The first-order valence-corrected chi connectivity index (χ1v) is 9.12. The number of benzene rings is 1. The van der Waals surface area contributed by atoms with Gasteiger partial charge in [-0.1, -0.05) is 42.1 Å². The molecule has 1 aromatic rings. The first kappa shape index (κ1) is 19.3. The molecule has 1 saturated carbocycles. The van der Waals surface area contributed by atoms with Gasteiger partial charge in [-0.25, -0.2) is 0 Å². The molecule has 23 heavy (non-hydrogen) atoms. The summed E-state index contributed by atoms with van der Waals surface area (Å²) in [5.41, 5.74) is 1.40. The summed E-state index contributed by atoms with van der Waals surface area (Å²) in [6.07, 6.45) is 7.85. The van der Waals surface area contributed by atoms with Gasteiger partial charge < -0.3 is 9.64 Å². The average Bonchev–Trinajstić information content (AvgIpc) is 2.49. The standard InChI is InChI=1S/C18H25Cl2NO.ClH/c1-22-17(13-21-10-3-2-4-11-21)18(8-5-9-18)14-6-7-15(19)16(20)12-14;/h6-7,12,17H,2-5,8-11,13H2,1H3;1H. The van der Waals surface area contributed by atoms with E-state index in [0.717, 1.165) is 6.54 Å². The fourth-order valence-electron chi connectivity index (χ4n) is 4.01. The van der Waals surface area contributed by atoms with Crippen LogP contribution in [-0.4, -0.2) is 37.7 Å². The Morgan fingerprint density at radius 1 is 1.09 bits per heavy atom. The lowest BCUT2D eigenvalue weighted by Gasteiger charge is -2.49. The monoisotopic (exact) mass is 377 g/mol. The maximum absolute atomic E-state index is 6.26. The SMILES string of the molecule is COC(CN1CCCCC1)C1(c2ccc(Cl)c(Cl)c2)CCC1.Cl. The third-order valence-corrected chi connectivity index (χ3v) is 6.25. The van der Waals surface area contributed by atoms with E-state index in [2.05, 4.69) is 11.0 Å². The van der Waals surface area contributed by atoms with Crippen LogP contribution in [-0.2, 0) is 10.2 Å². The number of hydrogen-bond acceptors (Lipinski definition) is 2. The number of rotatable bonds is 5. The van der Waals surface area contributed by atoms with Crippen LogP contribution in [0, 0.1) is 0 Å². The summed E-state index contributed by atoms with van der Waals surface area (Å²) in [4.78, 5) is 2.56. The van der Waals surface area contributed by atoms with Gasteiger partial charge in [0, 0.05) is 19.1 Å². The molecule has 3 rings (SSSR count). The molecule has 1 saturated heterocycles. The van der Waals surface area contributed by atoms with Gasteiger partial charge in [0.2, 0.25) is 0 Å². The van der Waals surface area contributed by atoms with Gasteiger partial charge in [-0.15, -0.1) is 12.4 Å². The van der Waals surface area contributed by atoms with Gasteiger partial charge in [-0.2, -0.15) is 0 Å². The molecule has 130 valence electrons. The van der Waals surface area contributed by atoms with E-state index >= 15 is 0 Å². The van der Waals surface area contributed by atoms with Crippen LogP contribution in [0.1, 0.15) is 44.1 Å². The maximum Gasteiger partial charge on any atom is 0.0794 e. The van der Waals surface area contributed by atoms with Gasteiger partial charge in [0.25, 0.3) is 0 Å². The van der Waals surface area contributed by atoms with E-state index in [1.807, 2.05) is 19.2 Å². The topological polar surface area (TPSA) is 12.5 Å². The van der Waals surface area contributed by atoms with Crippen LogP contribution in [0.2, 0.25) is 10.0 Å². The Morgan fingerprint density at radius 3 is 2.30 bits per heavy atom. The predicted molar refractivity (Wildman–Crippen MR) is 100 cm³/mol. The normalized spacial score (nSPS) is 22.0. The van der Waals surface area contributed by atoms with Crippen molar-refractivity contribution in [3.63, 3.8) is 0 Å². The summed E-state index contributed by atoms with van der Waals surface area (Å²) < 4.78 is 5.97. The van der Waals surface area contributed by atoms with Gasteiger partial charge in [-0.05, 0) is 56.5 Å². The Bertz CT molecular complexity index is 513. The second-order valence-electron chi connectivity index (χ2n) is 6.72. The highest BCUT2D eigenvalue weighted by Gasteiger charge is 2.46. The molecule has 5 heteroatoms. The van der Waals surface area contributed by atoms with Gasteiger partial charge in [-0.3, -0.25) is 0 Å². The van der Waals surface area contributed by atoms with Crippen molar-refractivity contribution in [2.75, 3.05) is 26.7 Å². The fourth-order valence-corrected chi connectivity index (χ4v) is 4.31. The Kier molecular flexibility index (Phi) is 7.06. The van der Waals surface area contributed by atoms with Crippen molar-refractivity contribution in [1.82, 2.24) is 4.90 Å². The first-order chi connectivity index (χ1) is 10.7. The highest BCUT2D eigenvalue weighted by atomic mass is 35.5. The van der Waals surface area contributed by atoms with Crippen LogP contribution in [0.4, 0.5) is 0 Å². The van der Waals surface area contributed by atoms with Crippen molar-refractivity contribution < 1.29 is 4.74 Å². The molecule has 1 aliphatic heterocycles. The number of piperidine rings is 1. The lowest BCUT2D eigenvalue weighted by Crippen LogP contribution is -2.52. The summed E-state index contributed by atoms with van der Waals surface area (Å²) in [5, 5.41) is 1.28. The molecule has 2 aliphatic rings. The van der Waals surface area contributed by atoms with Gasteiger partial charge in [0.15, 0.2) is 0 Å². The Labute approximate surface area is 155 Å². The molecule has 2 nitrogen and oxygen atoms in total. The number of ether oxygens (including phenoxy) is 1. The summed E-state index contributed by atoms with van der Waals surface area (Å²) in [5.74, 6) is 0. The Morgan fingerprint density at radius 2 is 1.78 bits per heavy atom. The molecule has 1 heterocycles. The second kappa shape index (κ2) is 8.40. The number of hydrogen-bond donors (Lipinski definition) is 0. The summed E-state index contributed by atoms with van der Waals surface area (Å²) in [7, 11) is 1.85. The number of methoxy groups -OCH3 is 1. The number of halogens is 3. The predicted octanol–water partition coefficient (Wildman–Crippen LogP) is 5.34. The van der Waals surface area contributed by atoms with Crippen LogP contribution in [0.15, 0.2) is 18.2 Å². The van der Waals surface area contributed by atoms with Crippen LogP contribution in [0.3, 0.4) is 0 Å². The van der Waals surface area contributed by atoms with Crippen molar-refractivity contribution in [2.45, 2.75) is 50.0 Å². The lowest BCUT2D eigenvalue weighted by atomic mass is 9.61. The van der Waals surface area contributed by atoms with E-state index in [0.29, 0.717) is 10.0 Å². The van der Waals surface area contributed by atoms with E-state index in [-0.39, 0.29) is 23.9 Å². The molecule has 0 N–H and O–H groups in total. The molecular formula is C18H26Cl3NO. The van der Waals surface area contributed by atoms with Crippen LogP contribution in [0.5, 0.6) is 0 Å². The zero-order valence-electron chi connectivity index (χ0n) is 13.7. The molecule has 1 atom stereocenters. The minimum absolute atomic E-state index is 0. The summed E-state index contributed by atoms with van der Waals surface area (Å²) in [6, 6.07) is 6.10. The van der Waals surface area contributed by atoms with Gasteiger partial charge in [0.05, 0.1) is 16.1 Å². The quantitative estimate of drug-likeness (QED) is 0.686. The molecule has 1 unspecified atom stereocenters. The van der Waals surface area contributed by atoms with Crippen molar-refractivity contribution >= 4 is 35.6 Å². The van der Waals surface area contributed by atoms with Crippen molar-refractivity contribution in [1.29, 1.82) is 0 Å². The highest BCUT2D eigenvalue weighted by molar-refractivity contribution is 6.42. The minimum Gasteiger partial charge on any atom is -0.379 e. The number of likely N-dealkylation sites (tertiary alicyclic amines) is 1. The summed E-state index contributed by atoms with van der Waals surface area (Å²) >= 11 is 12.3. The average molecular weight is 379 g/mol. The molecule has 0 amide bonds. The molecule has 0 spiro atoms. The Hall–Kier alpha value is 0.01000. The first-order valence-electron chi connectivity index (χ1n) is 8.36. The number of nitrogens with zero attached hydrogens (tertiary/aromatic N) is 1. The van der Waals surface area contributed by atoms with Gasteiger partial charge >= 0.3 is 0 Å². The fraction of sp³-hybridized carbons (Fsp3) is 0.667. The zero-order chi connectivity index (χ0) is 15.6. The second-order valence-corrected chi connectivity index (χ2v) is 7.54. The molecule has 0 aromatic heterocycles. The van der Waals surface area contributed by atoms with Crippen LogP contribution in [0.25, 0.3) is 0 Å². The van der Waals surface area contributed by atoms with Crippen LogP contribution < -0.4 is 0 Å². The smallest absolute Gasteiger partial charge is 0.0794 e. The van der Waals surface area contributed by atoms with Crippen molar-refractivity contribution in [3.05, 3.63) is 33.8 Å². The zero-order valence-corrected chi connectivity index (χ0v) is 16.0. The molecule has 0 bridgehead atoms. The van der Waals surface area contributed by atoms with Crippen LogP contribution >= 0.6 is 35.6 Å². The van der Waals surface area contributed by atoms with E-state index in [1.165, 1.54) is 57.2 Å². The third kappa shape index (κ3) is 3.99. The molecular weight excluding hydrogens is 353 g/mol. The summed E-state index contributed by atoms with van der Waals surface area (Å²) in [6.45, 7) is 3.44. The van der Waals surface area contributed by atoms with Gasteiger partial charge in [0.1, 0.15) is 0 Å². The molecule has 0 radical (unpaired) electrons. The van der Waals surface area contributed by atoms with E-state index in [9.17, 15) is 0 Å². The minimum atomic E-state index is 0.